The Hall–Kier alpha value is -2.60. The average molecular weight is 586 g/mol. The van der Waals surface area contributed by atoms with Crippen LogP contribution < -0.4 is 9.64 Å². The number of aryl methyl sites for hydroxylation is 1. The van der Waals surface area contributed by atoms with Crippen LogP contribution in [0.2, 0.25) is 0 Å². The highest BCUT2D eigenvalue weighted by atomic mass is 16.7. The van der Waals surface area contributed by atoms with Gasteiger partial charge in [-0.15, -0.1) is 0 Å². The molecule has 1 spiro atoms. The molecule has 2 aromatic carbocycles. The predicted octanol–water partition coefficient (Wildman–Crippen LogP) is 8.22. The first kappa shape index (κ1) is 30.4. The standard InChI is InChI=1S/C38H51NO4/c1-37(2,3)43-32-16-18-34-29(25-32)13-17-33(27-9-7-6-8-10-27)35(34)28-11-14-31(15-12-28)39-23-21-38(22-24-39)20-19-30(26-42-38)36(40-4)41-5/h7,9-12,14-16,18,25,30,33,35-36H,6,8,13,17,19-24,26H2,1-5H3. The van der Waals surface area contributed by atoms with Crippen molar-refractivity contribution in [1.82, 2.24) is 0 Å². The van der Waals surface area contributed by atoms with Gasteiger partial charge in [-0.1, -0.05) is 36.4 Å². The molecule has 232 valence electrons. The molecule has 0 N–H and O–H groups in total. The van der Waals surface area contributed by atoms with Crippen molar-refractivity contribution >= 4 is 5.69 Å². The van der Waals surface area contributed by atoms with Gasteiger partial charge >= 0.3 is 0 Å². The number of anilines is 1. The highest BCUT2D eigenvalue weighted by molar-refractivity contribution is 5.53. The topological polar surface area (TPSA) is 40.2 Å². The van der Waals surface area contributed by atoms with Gasteiger partial charge in [-0.2, -0.15) is 0 Å². The Morgan fingerprint density at radius 1 is 0.930 bits per heavy atom. The van der Waals surface area contributed by atoms with Gasteiger partial charge in [-0.25, -0.2) is 0 Å². The van der Waals surface area contributed by atoms with Gasteiger partial charge in [0, 0.05) is 44.8 Å². The molecular formula is C38H51NO4. The van der Waals surface area contributed by atoms with Crippen molar-refractivity contribution in [3.05, 3.63) is 83.0 Å². The van der Waals surface area contributed by atoms with E-state index in [0.717, 1.165) is 70.4 Å². The number of benzene rings is 2. The van der Waals surface area contributed by atoms with Gasteiger partial charge in [-0.3, -0.25) is 0 Å². The fraction of sp³-hybridized carbons (Fsp3) is 0.579. The number of piperidine rings is 1. The second-order valence-corrected chi connectivity index (χ2v) is 14.1. The Kier molecular flexibility index (Phi) is 9.05. The van der Waals surface area contributed by atoms with Crippen LogP contribution in [0.4, 0.5) is 5.69 Å². The number of ether oxygens (including phenoxy) is 4. The van der Waals surface area contributed by atoms with Crippen LogP contribution >= 0.6 is 0 Å². The zero-order valence-corrected chi connectivity index (χ0v) is 26.9. The van der Waals surface area contributed by atoms with Crippen LogP contribution in [0.25, 0.3) is 0 Å². The fourth-order valence-electron chi connectivity index (χ4n) is 7.94. The molecule has 0 amide bonds. The van der Waals surface area contributed by atoms with Crippen LogP contribution in [-0.2, 0) is 20.6 Å². The third-order valence-corrected chi connectivity index (χ3v) is 10.2. The molecule has 2 aromatic rings. The summed E-state index contributed by atoms with van der Waals surface area (Å²) >= 11 is 0. The molecule has 6 rings (SSSR count). The van der Waals surface area contributed by atoms with Crippen LogP contribution in [0, 0.1) is 11.8 Å². The van der Waals surface area contributed by atoms with Gasteiger partial charge in [0.2, 0.25) is 0 Å². The Balaban J connectivity index is 1.18. The van der Waals surface area contributed by atoms with E-state index in [2.05, 4.69) is 86.4 Å². The van der Waals surface area contributed by atoms with Crippen molar-refractivity contribution in [2.24, 2.45) is 11.8 Å². The van der Waals surface area contributed by atoms with Gasteiger partial charge in [0.05, 0.1) is 12.2 Å². The van der Waals surface area contributed by atoms with E-state index in [0.29, 0.717) is 17.8 Å². The lowest BCUT2D eigenvalue weighted by Gasteiger charge is -2.47. The van der Waals surface area contributed by atoms with Crippen LogP contribution in [-0.4, -0.2) is 51.4 Å². The molecule has 4 aliphatic rings. The Morgan fingerprint density at radius 3 is 2.33 bits per heavy atom. The summed E-state index contributed by atoms with van der Waals surface area (Å²) < 4.78 is 23.8. The molecule has 0 saturated carbocycles. The van der Waals surface area contributed by atoms with Crippen molar-refractivity contribution in [2.75, 3.05) is 38.8 Å². The van der Waals surface area contributed by atoms with Gasteiger partial charge in [0.15, 0.2) is 6.29 Å². The van der Waals surface area contributed by atoms with Gasteiger partial charge in [-0.05, 0) is 125 Å². The third kappa shape index (κ3) is 6.74. The Bertz CT molecular complexity index is 1280. The second-order valence-electron chi connectivity index (χ2n) is 14.1. The lowest BCUT2D eigenvalue weighted by atomic mass is 9.68. The molecular weight excluding hydrogens is 534 g/mol. The maximum absolute atomic E-state index is 6.52. The number of nitrogens with zero attached hydrogens (tertiary/aromatic N) is 1. The molecule has 3 unspecified atom stereocenters. The number of fused-ring (bicyclic) bond motifs is 1. The van der Waals surface area contributed by atoms with Gasteiger partial charge in [0.1, 0.15) is 11.4 Å². The van der Waals surface area contributed by atoms with E-state index in [1.807, 2.05) is 0 Å². The zero-order valence-electron chi connectivity index (χ0n) is 26.9. The van der Waals surface area contributed by atoms with Gasteiger partial charge in [0.25, 0.3) is 0 Å². The summed E-state index contributed by atoms with van der Waals surface area (Å²) in [6.45, 7) is 9.15. The molecule has 5 nitrogen and oxygen atoms in total. The molecule has 0 bridgehead atoms. The van der Waals surface area contributed by atoms with Crippen molar-refractivity contribution in [3.63, 3.8) is 0 Å². The van der Waals surface area contributed by atoms with Crippen molar-refractivity contribution in [2.45, 2.75) is 95.5 Å². The quantitative estimate of drug-likeness (QED) is 0.306. The monoisotopic (exact) mass is 585 g/mol. The van der Waals surface area contributed by atoms with Crippen molar-refractivity contribution in [3.8, 4) is 5.75 Å². The summed E-state index contributed by atoms with van der Waals surface area (Å²) in [5.74, 6) is 2.15. The SMILES string of the molecule is COC(OC)C1CCC2(CCN(c3ccc(C4c5ccc(OC(C)(C)C)cc5CCC4C4=CCCC=C4)cc3)CC2)OC1. The minimum absolute atomic E-state index is 0.00873. The summed E-state index contributed by atoms with van der Waals surface area (Å²) in [4.78, 5) is 2.55. The molecule has 43 heavy (non-hydrogen) atoms. The molecule has 2 aliphatic carbocycles. The molecule has 3 atom stereocenters. The van der Waals surface area contributed by atoms with Crippen LogP contribution in [0.15, 0.2) is 66.3 Å². The summed E-state index contributed by atoms with van der Waals surface area (Å²) in [7, 11) is 3.44. The minimum Gasteiger partial charge on any atom is -0.488 e. The first-order chi connectivity index (χ1) is 20.8. The van der Waals surface area contributed by atoms with E-state index in [1.165, 1.54) is 34.4 Å². The predicted molar refractivity (Wildman–Crippen MR) is 174 cm³/mol. The van der Waals surface area contributed by atoms with E-state index in [1.54, 1.807) is 14.2 Å². The maximum atomic E-state index is 6.52. The molecule has 2 fully saturated rings. The van der Waals surface area contributed by atoms with Crippen LogP contribution in [0.3, 0.4) is 0 Å². The number of rotatable bonds is 7. The minimum atomic E-state index is -0.199. The summed E-state index contributed by atoms with van der Waals surface area (Å²) in [6, 6.07) is 16.3. The van der Waals surface area contributed by atoms with E-state index >= 15 is 0 Å². The lowest BCUT2D eigenvalue weighted by molar-refractivity contribution is -0.195. The van der Waals surface area contributed by atoms with Crippen LogP contribution in [0.1, 0.15) is 88.3 Å². The lowest BCUT2D eigenvalue weighted by Crippen LogP contribution is -2.50. The zero-order chi connectivity index (χ0) is 30.0. The normalized spacial score (nSPS) is 25.5. The highest BCUT2D eigenvalue weighted by Gasteiger charge is 2.41. The van der Waals surface area contributed by atoms with E-state index in [-0.39, 0.29) is 17.5 Å². The number of allylic oxidation sites excluding steroid dienone is 4. The molecule has 2 heterocycles. The van der Waals surface area contributed by atoms with E-state index in [4.69, 9.17) is 18.9 Å². The molecule has 2 aliphatic heterocycles. The van der Waals surface area contributed by atoms with Crippen molar-refractivity contribution in [1.29, 1.82) is 0 Å². The molecule has 2 saturated heterocycles. The third-order valence-electron chi connectivity index (χ3n) is 10.2. The molecule has 0 aromatic heterocycles. The molecule has 0 radical (unpaired) electrons. The van der Waals surface area contributed by atoms with E-state index in [9.17, 15) is 0 Å². The molecule has 5 heteroatoms. The Labute approximate surface area is 259 Å². The first-order valence-corrected chi connectivity index (χ1v) is 16.5. The number of methoxy groups -OCH3 is 2. The van der Waals surface area contributed by atoms with Crippen LogP contribution in [0.5, 0.6) is 5.75 Å². The summed E-state index contributed by atoms with van der Waals surface area (Å²) in [5.41, 5.74) is 6.96. The highest BCUT2D eigenvalue weighted by Crippen LogP contribution is 2.47. The van der Waals surface area contributed by atoms with Gasteiger partial charge < -0.3 is 23.8 Å². The summed E-state index contributed by atoms with van der Waals surface area (Å²) in [6.07, 6.45) is 16.0. The smallest absolute Gasteiger partial charge is 0.161 e. The number of hydrogen-bond acceptors (Lipinski definition) is 5. The Morgan fingerprint density at radius 2 is 1.70 bits per heavy atom. The fourth-order valence-corrected chi connectivity index (χ4v) is 7.94. The largest absolute Gasteiger partial charge is 0.488 e. The average Bonchev–Trinajstić information content (AvgIpc) is 3.02. The number of hydrogen-bond donors (Lipinski definition) is 0. The maximum Gasteiger partial charge on any atom is 0.161 e. The summed E-state index contributed by atoms with van der Waals surface area (Å²) in [5, 5.41) is 0. The first-order valence-electron chi connectivity index (χ1n) is 16.5. The van der Waals surface area contributed by atoms with E-state index < -0.39 is 0 Å². The van der Waals surface area contributed by atoms with Crippen molar-refractivity contribution < 1.29 is 18.9 Å². The second kappa shape index (κ2) is 12.8.